The van der Waals surface area contributed by atoms with Gasteiger partial charge in [-0.3, -0.25) is 4.55 Å². The first kappa shape index (κ1) is 25.3. The molecular formula is C32H26O5S. The molecule has 0 saturated carbocycles. The van der Waals surface area contributed by atoms with Crippen molar-refractivity contribution in [3.63, 3.8) is 0 Å². The van der Waals surface area contributed by atoms with E-state index < -0.39 is 10.4 Å². The molecule has 0 aliphatic carbocycles. The summed E-state index contributed by atoms with van der Waals surface area (Å²) in [5.41, 5.74) is 5.87. The lowest BCUT2D eigenvalue weighted by molar-refractivity contribution is 0.334. The minimum atomic E-state index is -4.81. The number of rotatable bonds is 8. The molecule has 0 atom stereocenters. The quantitative estimate of drug-likeness (QED) is 0.194. The summed E-state index contributed by atoms with van der Waals surface area (Å²) < 4.78 is 44.6. The summed E-state index contributed by atoms with van der Waals surface area (Å²) in [5, 5.41) is 0. The molecule has 0 aromatic heterocycles. The van der Waals surface area contributed by atoms with E-state index in [2.05, 4.69) is 0 Å². The Morgan fingerprint density at radius 1 is 0.632 bits per heavy atom. The van der Waals surface area contributed by atoms with Crippen molar-refractivity contribution in [2.75, 3.05) is 6.61 Å². The van der Waals surface area contributed by atoms with E-state index in [1.165, 1.54) is 0 Å². The molecule has 0 amide bonds. The van der Waals surface area contributed by atoms with Crippen molar-refractivity contribution in [2.24, 2.45) is 0 Å². The molecule has 5 nitrogen and oxygen atoms in total. The van der Waals surface area contributed by atoms with E-state index in [4.69, 9.17) is 8.92 Å². The molecule has 6 heteroatoms. The van der Waals surface area contributed by atoms with Gasteiger partial charge in [-0.15, -0.1) is 0 Å². The normalized spacial score (nSPS) is 13.3. The van der Waals surface area contributed by atoms with Gasteiger partial charge in [-0.1, -0.05) is 121 Å². The Morgan fingerprint density at radius 3 is 1.55 bits per heavy atom. The summed E-state index contributed by atoms with van der Waals surface area (Å²) in [7, 11) is -4.81. The van der Waals surface area contributed by atoms with Crippen molar-refractivity contribution < 1.29 is 21.9 Å². The SMILES string of the molecule is O=S(=O)(O)Oc1c(C=Cc2ccccc2)c(C=Cc2ccccc2)c(C=Cc2ccccc2)c2c1OCC2. The Balaban J connectivity index is 1.77. The molecule has 0 bridgehead atoms. The predicted molar refractivity (Wildman–Crippen MR) is 154 cm³/mol. The topological polar surface area (TPSA) is 72.8 Å². The third-order valence-corrected chi connectivity index (χ3v) is 6.52. The minimum absolute atomic E-state index is 0.0308. The summed E-state index contributed by atoms with van der Waals surface area (Å²) in [6.45, 7) is 0.372. The highest BCUT2D eigenvalue weighted by molar-refractivity contribution is 7.81. The average Bonchev–Trinajstić information content (AvgIpc) is 3.42. The number of hydrogen-bond donors (Lipinski definition) is 1. The number of fused-ring (bicyclic) bond motifs is 1. The molecule has 38 heavy (non-hydrogen) atoms. The van der Waals surface area contributed by atoms with Gasteiger partial charge in [-0.2, -0.15) is 8.42 Å². The second kappa shape index (κ2) is 11.3. The van der Waals surface area contributed by atoms with Crippen LogP contribution in [0.2, 0.25) is 0 Å². The number of hydrogen-bond acceptors (Lipinski definition) is 4. The van der Waals surface area contributed by atoms with E-state index in [1.54, 1.807) is 6.08 Å². The fourth-order valence-corrected chi connectivity index (χ4v) is 4.80. The fourth-order valence-electron chi connectivity index (χ4n) is 4.42. The van der Waals surface area contributed by atoms with Gasteiger partial charge in [-0.05, 0) is 33.9 Å². The molecule has 0 fully saturated rings. The maximum absolute atomic E-state index is 11.9. The van der Waals surface area contributed by atoms with Crippen molar-refractivity contribution in [1.29, 1.82) is 0 Å². The van der Waals surface area contributed by atoms with Crippen LogP contribution < -0.4 is 8.92 Å². The Bertz CT molecular complexity index is 1610. The molecule has 0 saturated heterocycles. The number of ether oxygens (including phenoxy) is 1. The molecule has 1 aliphatic rings. The first-order chi connectivity index (χ1) is 18.5. The van der Waals surface area contributed by atoms with Crippen LogP contribution in [0.3, 0.4) is 0 Å². The van der Waals surface area contributed by atoms with Gasteiger partial charge in [0.25, 0.3) is 0 Å². The smallest absolute Gasteiger partial charge is 0.446 e. The third kappa shape index (κ3) is 6.11. The van der Waals surface area contributed by atoms with Gasteiger partial charge in [0.05, 0.1) is 6.61 Å². The highest BCUT2D eigenvalue weighted by Crippen LogP contribution is 2.46. The molecule has 0 unspecified atom stereocenters. The summed E-state index contributed by atoms with van der Waals surface area (Å²) in [4.78, 5) is 0. The lowest BCUT2D eigenvalue weighted by Gasteiger charge is -2.17. The van der Waals surface area contributed by atoms with Crippen molar-refractivity contribution in [3.8, 4) is 11.5 Å². The molecule has 0 radical (unpaired) electrons. The van der Waals surface area contributed by atoms with Crippen LogP contribution in [0.1, 0.15) is 38.9 Å². The van der Waals surface area contributed by atoms with E-state index in [-0.39, 0.29) is 5.75 Å². The predicted octanol–water partition coefficient (Wildman–Crippen LogP) is 7.31. The van der Waals surface area contributed by atoms with Gasteiger partial charge in [0.15, 0.2) is 11.5 Å². The minimum Gasteiger partial charge on any atom is -0.489 e. The Labute approximate surface area is 223 Å². The Kier molecular flexibility index (Phi) is 7.54. The van der Waals surface area contributed by atoms with E-state index in [0.717, 1.165) is 33.4 Å². The van der Waals surface area contributed by atoms with Crippen LogP contribution in [-0.2, 0) is 16.8 Å². The van der Waals surface area contributed by atoms with Crippen LogP contribution >= 0.6 is 0 Å². The molecule has 5 rings (SSSR count). The molecule has 4 aromatic carbocycles. The Hall–Kier alpha value is -4.39. The second-order valence-corrected chi connectivity index (χ2v) is 9.74. The van der Waals surface area contributed by atoms with Gasteiger partial charge in [0.1, 0.15) is 0 Å². The molecule has 1 heterocycles. The van der Waals surface area contributed by atoms with E-state index in [9.17, 15) is 13.0 Å². The number of benzene rings is 4. The molecule has 1 aliphatic heterocycles. The van der Waals surface area contributed by atoms with Crippen molar-refractivity contribution in [3.05, 3.63) is 130 Å². The maximum Gasteiger partial charge on any atom is 0.446 e. The van der Waals surface area contributed by atoms with Gasteiger partial charge >= 0.3 is 10.4 Å². The lowest BCUT2D eigenvalue weighted by atomic mass is 9.91. The largest absolute Gasteiger partial charge is 0.489 e. The summed E-state index contributed by atoms with van der Waals surface area (Å²) in [5.74, 6) is 0.289. The maximum atomic E-state index is 11.9. The van der Waals surface area contributed by atoms with E-state index in [0.29, 0.717) is 24.3 Å². The fraction of sp³-hybridized carbons (Fsp3) is 0.0625. The molecule has 4 aromatic rings. The van der Waals surface area contributed by atoms with Crippen LogP contribution in [0.4, 0.5) is 0 Å². The zero-order valence-corrected chi connectivity index (χ0v) is 21.3. The van der Waals surface area contributed by atoms with Crippen LogP contribution in [0, 0.1) is 0 Å². The van der Waals surface area contributed by atoms with Crippen LogP contribution in [-0.4, -0.2) is 19.6 Å². The van der Waals surface area contributed by atoms with Crippen LogP contribution in [0.25, 0.3) is 36.5 Å². The average molecular weight is 523 g/mol. The summed E-state index contributed by atoms with van der Waals surface area (Å²) >= 11 is 0. The molecular weight excluding hydrogens is 496 g/mol. The lowest BCUT2D eigenvalue weighted by Crippen LogP contribution is -2.10. The first-order valence-electron chi connectivity index (χ1n) is 12.2. The highest BCUT2D eigenvalue weighted by Gasteiger charge is 2.29. The van der Waals surface area contributed by atoms with Gasteiger partial charge < -0.3 is 8.92 Å². The van der Waals surface area contributed by atoms with Gasteiger partial charge in [-0.25, -0.2) is 0 Å². The Morgan fingerprint density at radius 2 is 1.08 bits per heavy atom. The first-order valence-corrected chi connectivity index (χ1v) is 13.6. The molecule has 190 valence electrons. The van der Waals surface area contributed by atoms with Crippen molar-refractivity contribution in [2.45, 2.75) is 6.42 Å². The molecule has 0 spiro atoms. The zero-order chi connectivity index (χ0) is 26.4. The standard InChI is InChI=1S/C32H26O5S/c33-38(34,35)37-32-29(21-18-26-14-8-3-9-15-26)27(19-16-24-10-4-1-5-11-24)28(30-22-23-36-31(30)32)20-17-25-12-6-2-7-13-25/h1-21H,22-23H2,(H,33,34,35). The third-order valence-electron chi connectivity index (χ3n) is 6.14. The van der Waals surface area contributed by atoms with E-state index in [1.807, 2.05) is 121 Å². The van der Waals surface area contributed by atoms with Crippen LogP contribution in [0.15, 0.2) is 91.0 Å². The summed E-state index contributed by atoms with van der Waals surface area (Å²) in [6.07, 6.45) is 12.2. The molecule has 1 N–H and O–H groups in total. The second-order valence-electron chi connectivity index (χ2n) is 8.72. The van der Waals surface area contributed by atoms with Gasteiger partial charge in [0.2, 0.25) is 0 Å². The van der Waals surface area contributed by atoms with Crippen molar-refractivity contribution in [1.82, 2.24) is 0 Å². The summed E-state index contributed by atoms with van der Waals surface area (Å²) in [6, 6.07) is 29.4. The van der Waals surface area contributed by atoms with E-state index >= 15 is 0 Å². The monoisotopic (exact) mass is 522 g/mol. The van der Waals surface area contributed by atoms with Gasteiger partial charge in [0, 0.05) is 17.5 Å². The zero-order valence-electron chi connectivity index (χ0n) is 20.5. The van der Waals surface area contributed by atoms with Crippen molar-refractivity contribution >= 4 is 46.9 Å². The highest BCUT2D eigenvalue weighted by atomic mass is 32.3. The van der Waals surface area contributed by atoms with Crippen LogP contribution in [0.5, 0.6) is 11.5 Å².